The lowest BCUT2D eigenvalue weighted by Gasteiger charge is -2.33. The minimum absolute atomic E-state index is 0.0116. The van der Waals surface area contributed by atoms with Crippen LogP contribution in [0.25, 0.3) is 0 Å². The average Bonchev–Trinajstić information content (AvgIpc) is 4.28. The van der Waals surface area contributed by atoms with Crippen LogP contribution in [-0.4, -0.2) is 159 Å². The molecule has 1 fully saturated rings. The highest BCUT2D eigenvalue weighted by Crippen LogP contribution is 2.21. The van der Waals surface area contributed by atoms with Gasteiger partial charge in [-0.05, 0) is 63.4 Å². The number of ether oxygens (including phenoxy) is 1. The highest BCUT2D eigenvalue weighted by atomic mass is 16.6. The molecular formula is C54H80N14O11. The van der Waals surface area contributed by atoms with Crippen molar-refractivity contribution in [1.82, 2.24) is 72.0 Å². The van der Waals surface area contributed by atoms with Crippen LogP contribution in [-0.2, 0) is 64.0 Å². The lowest BCUT2D eigenvalue weighted by Crippen LogP contribution is -2.63. The summed E-state index contributed by atoms with van der Waals surface area (Å²) in [5.41, 5.74) is 1.33. The number of hydrogen-bond donors (Lipinski definition) is 12. The van der Waals surface area contributed by atoms with Gasteiger partial charge in [-0.25, -0.2) is 24.5 Å². The molecule has 7 amide bonds. The Morgan fingerprint density at radius 1 is 0.684 bits per heavy atom. The molecule has 3 aromatic heterocycles. The van der Waals surface area contributed by atoms with Gasteiger partial charge in [-0.1, -0.05) is 78.3 Å². The van der Waals surface area contributed by atoms with Gasteiger partial charge >= 0.3 is 12.1 Å². The van der Waals surface area contributed by atoms with E-state index in [1.54, 1.807) is 71.9 Å². The van der Waals surface area contributed by atoms with Gasteiger partial charge in [0.25, 0.3) is 0 Å². The Labute approximate surface area is 460 Å². The van der Waals surface area contributed by atoms with Crippen molar-refractivity contribution in [1.29, 1.82) is 0 Å². The maximum absolute atomic E-state index is 14.7. The minimum Gasteiger partial charge on any atom is -0.480 e. The van der Waals surface area contributed by atoms with Gasteiger partial charge in [-0.15, -0.1) is 0 Å². The number of amides is 7. The summed E-state index contributed by atoms with van der Waals surface area (Å²) < 4.78 is 5.46. The van der Waals surface area contributed by atoms with E-state index in [1.807, 2.05) is 20.8 Å². The number of aromatic nitrogens is 6. The van der Waals surface area contributed by atoms with Crippen LogP contribution >= 0.6 is 0 Å². The third-order valence-electron chi connectivity index (χ3n) is 13.5. The second-order valence-electron chi connectivity index (χ2n) is 21.9. The van der Waals surface area contributed by atoms with Gasteiger partial charge in [0.2, 0.25) is 35.4 Å². The molecule has 0 bridgehead atoms. The first kappa shape index (κ1) is 62.2. The number of nitrogens with zero attached hydrogens (tertiary/aromatic N) is 4. The number of carbonyl (C=O) groups is 8. The zero-order chi connectivity index (χ0) is 58.0. The number of likely N-dealkylation sites (tertiary alicyclic amines) is 1. The molecule has 0 aliphatic carbocycles. The van der Waals surface area contributed by atoms with Crippen molar-refractivity contribution < 1.29 is 53.3 Å². The predicted octanol–water partition coefficient (Wildman–Crippen LogP) is 1.54. The van der Waals surface area contributed by atoms with Crippen LogP contribution in [0.2, 0.25) is 0 Å². The molecule has 1 aliphatic heterocycles. The number of rotatable bonds is 29. The monoisotopic (exact) mass is 1100 g/mol. The van der Waals surface area contributed by atoms with Gasteiger partial charge in [0.05, 0.1) is 31.1 Å². The van der Waals surface area contributed by atoms with Crippen LogP contribution in [0.3, 0.4) is 0 Å². The van der Waals surface area contributed by atoms with Crippen molar-refractivity contribution in [3.8, 4) is 0 Å². The number of nitrogens with one attached hydrogen (secondary N) is 10. The highest BCUT2D eigenvalue weighted by Gasteiger charge is 2.41. The Morgan fingerprint density at radius 2 is 1.22 bits per heavy atom. The van der Waals surface area contributed by atoms with Gasteiger partial charge in [-0.2, -0.15) is 0 Å². The van der Waals surface area contributed by atoms with Crippen LogP contribution in [0.4, 0.5) is 4.79 Å². The van der Waals surface area contributed by atoms with E-state index in [1.165, 1.54) is 42.5 Å². The quantitative estimate of drug-likeness (QED) is 0.0343. The van der Waals surface area contributed by atoms with Crippen molar-refractivity contribution >= 4 is 47.5 Å². The van der Waals surface area contributed by atoms with Gasteiger partial charge < -0.3 is 66.7 Å². The largest absolute Gasteiger partial charge is 0.480 e. The molecule has 1 aliphatic rings. The van der Waals surface area contributed by atoms with Crippen LogP contribution in [0.1, 0.15) is 111 Å². The van der Waals surface area contributed by atoms with Crippen LogP contribution in [0.15, 0.2) is 67.9 Å². The van der Waals surface area contributed by atoms with Crippen molar-refractivity contribution in [3.63, 3.8) is 0 Å². The number of aliphatic carboxylic acids is 1. The number of carboxylic acids is 1. The average molecular weight is 1100 g/mol. The molecule has 0 radical (unpaired) electrons. The molecule has 432 valence electrons. The summed E-state index contributed by atoms with van der Waals surface area (Å²) in [6, 6.07) is -0.525. The second-order valence-corrected chi connectivity index (χ2v) is 21.9. The smallest absolute Gasteiger partial charge is 0.408 e. The number of aromatic amines is 3. The van der Waals surface area contributed by atoms with Crippen LogP contribution in [0, 0.1) is 17.8 Å². The Balaban J connectivity index is 1.35. The van der Waals surface area contributed by atoms with E-state index in [9.17, 15) is 48.6 Å². The van der Waals surface area contributed by atoms with E-state index >= 15 is 0 Å². The van der Waals surface area contributed by atoms with Gasteiger partial charge in [0, 0.05) is 67.9 Å². The van der Waals surface area contributed by atoms with E-state index in [-0.39, 0.29) is 51.0 Å². The summed E-state index contributed by atoms with van der Waals surface area (Å²) in [6.07, 6.45) is 7.50. The predicted molar refractivity (Wildman–Crippen MR) is 289 cm³/mol. The summed E-state index contributed by atoms with van der Waals surface area (Å²) >= 11 is 0. The number of benzene rings is 1. The number of H-pyrrole nitrogens is 3. The van der Waals surface area contributed by atoms with Gasteiger partial charge in [0.1, 0.15) is 48.1 Å². The Morgan fingerprint density at radius 3 is 1.73 bits per heavy atom. The summed E-state index contributed by atoms with van der Waals surface area (Å²) in [5.74, 6) is -6.30. The Hall–Kier alpha value is -7.67. The number of carboxylic acid groups (broad SMARTS) is 1. The summed E-state index contributed by atoms with van der Waals surface area (Å²) in [7, 11) is 0. The molecule has 1 aromatic carbocycles. The number of aliphatic hydroxyl groups excluding tert-OH is 1. The fourth-order valence-corrected chi connectivity index (χ4v) is 9.15. The lowest BCUT2D eigenvalue weighted by molar-refractivity contribution is -0.142. The summed E-state index contributed by atoms with van der Waals surface area (Å²) in [5, 5.41) is 41.4. The van der Waals surface area contributed by atoms with E-state index < -0.39 is 120 Å². The zero-order valence-electron chi connectivity index (χ0n) is 46.5. The second kappa shape index (κ2) is 29.3. The first-order chi connectivity index (χ1) is 37.4. The minimum atomic E-state index is -1.56. The molecule has 10 atom stereocenters. The van der Waals surface area contributed by atoms with E-state index in [0.717, 1.165) is 0 Å². The lowest BCUT2D eigenvalue weighted by atomic mass is 9.95. The van der Waals surface area contributed by atoms with Crippen molar-refractivity contribution in [2.45, 2.75) is 174 Å². The van der Waals surface area contributed by atoms with E-state index in [2.05, 4.69) is 67.1 Å². The molecule has 4 aromatic rings. The van der Waals surface area contributed by atoms with Crippen LogP contribution < -0.4 is 37.2 Å². The molecule has 10 unspecified atom stereocenters. The molecule has 5 rings (SSSR count). The standard InChI is InChI=1S/C54H80N14O11/c1-10-32(6)44(50(74)64-41(52(76)77)23-36-26-57-29-60-36)67-49(73)43(31(4)5)66-47(71)37(19-30(2)3)61-46(70)39(21-34-24-55-27-58-34)62-45(69)38(20-33-15-12-11-13-16-33)63-48(72)42-17-14-18-68(42)51(75)40(22-35-25-56-28-59-35)65-53(78)79-54(7,8)9/h11-13,15-16,24-32,37-44,47,66,71H,10,14,17-23H2,1-9H3,(H,55,58)(H,56,59)(H,57,60)(H,61,70)(H,62,69)(H,63,72)(H,64,74)(H,65,78)(H,67,73)(H,76,77). The highest BCUT2D eigenvalue weighted by molar-refractivity contribution is 5.96. The topological polar surface area (TPSA) is 360 Å². The zero-order valence-corrected chi connectivity index (χ0v) is 46.5. The van der Waals surface area contributed by atoms with Crippen molar-refractivity contribution in [3.05, 3.63) is 90.5 Å². The van der Waals surface area contributed by atoms with E-state index in [4.69, 9.17) is 4.74 Å². The number of aliphatic hydroxyl groups is 1. The molecule has 0 saturated carbocycles. The maximum Gasteiger partial charge on any atom is 0.408 e. The summed E-state index contributed by atoms with van der Waals surface area (Å²) in [6.45, 7) is 16.0. The number of hydrogen-bond acceptors (Lipinski definition) is 14. The van der Waals surface area contributed by atoms with E-state index in [0.29, 0.717) is 35.5 Å². The van der Waals surface area contributed by atoms with Crippen molar-refractivity contribution in [2.24, 2.45) is 17.8 Å². The molecule has 25 nitrogen and oxygen atoms in total. The Bertz CT molecular complexity index is 2590. The first-order valence-corrected chi connectivity index (χ1v) is 26.9. The van der Waals surface area contributed by atoms with Crippen LogP contribution in [0.5, 0.6) is 0 Å². The Kier molecular flexibility index (Phi) is 23.1. The fraction of sp³-hybridized carbons (Fsp3) is 0.574. The summed E-state index contributed by atoms with van der Waals surface area (Å²) in [4.78, 5) is 133. The molecule has 4 heterocycles. The van der Waals surface area contributed by atoms with Gasteiger partial charge in [0.15, 0.2) is 0 Å². The molecule has 1 saturated heterocycles. The SMILES string of the molecule is CCC(C)C(NC(=O)C(NC(O)C(CC(C)C)NC(=O)C(Cc1cnc[nH]1)NC(=O)C(Cc1ccccc1)NC(=O)C1CCCN1C(=O)C(Cc1cnc[nH]1)NC(=O)OC(C)(C)C)C(C)C)C(=O)NC(Cc1cnc[nH]1)C(=O)O. The maximum atomic E-state index is 14.7. The molecule has 0 spiro atoms. The molecule has 25 heteroatoms. The van der Waals surface area contributed by atoms with Gasteiger partial charge in [-0.3, -0.25) is 34.1 Å². The third-order valence-corrected chi connectivity index (χ3v) is 13.5. The molecular weight excluding hydrogens is 1020 g/mol. The van der Waals surface area contributed by atoms with Crippen molar-refractivity contribution in [2.75, 3.05) is 6.54 Å². The normalized spacial score (nSPS) is 17.0. The number of carbonyl (C=O) groups excluding carboxylic acids is 7. The third kappa shape index (κ3) is 19.3. The molecule has 12 N–H and O–H groups in total. The number of imidazole rings is 3. The fourth-order valence-electron chi connectivity index (χ4n) is 9.15. The molecule has 79 heavy (non-hydrogen) atoms. The number of alkyl carbamates (subject to hydrolysis) is 1. The first-order valence-electron chi connectivity index (χ1n) is 26.9.